The summed E-state index contributed by atoms with van der Waals surface area (Å²) >= 11 is 0. The average molecular weight is 406 g/mol. The highest BCUT2D eigenvalue weighted by molar-refractivity contribution is 5.94. The fraction of sp³-hybridized carbons (Fsp3) is 0.409. The van der Waals surface area contributed by atoms with Crippen LogP contribution >= 0.6 is 0 Å². The molecule has 1 amide bonds. The van der Waals surface area contributed by atoms with E-state index in [2.05, 4.69) is 29.6 Å². The minimum Gasteiger partial charge on any atom is -0.378 e. The number of amides is 1. The number of hydrogen-bond acceptors (Lipinski definition) is 2. The molecule has 0 aromatic heterocycles. The predicted molar refractivity (Wildman–Crippen MR) is 107 cm³/mol. The predicted octanol–water partition coefficient (Wildman–Crippen LogP) is 2.92. The van der Waals surface area contributed by atoms with Gasteiger partial charge in [-0.1, -0.05) is 12.1 Å². The first-order valence-electron chi connectivity index (χ1n) is 9.83. The molecule has 0 saturated carbocycles. The Hall–Kier alpha value is -2.54. The standard InChI is InChI=1S/C22H26F3N3O/c1-27(2)19-11-7-16(8-12-19)20(28-13-3-4-14-28)15-26-21(29)17-5-9-18(10-6-17)22(23,24)25/h5-12,20H,3-4,13-15H2,1-2H3,(H,26,29)/p+1/t20-/m0/s1. The average Bonchev–Trinajstić information content (AvgIpc) is 3.22. The molecule has 2 aromatic rings. The molecule has 1 heterocycles. The molecule has 1 atom stereocenters. The first-order chi connectivity index (χ1) is 13.8. The first-order valence-corrected chi connectivity index (χ1v) is 9.83. The van der Waals surface area contributed by atoms with Crippen LogP contribution in [0.15, 0.2) is 48.5 Å². The van der Waals surface area contributed by atoms with E-state index in [9.17, 15) is 18.0 Å². The van der Waals surface area contributed by atoms with E-state index in [0.717, 1.165) is 49.3 Å². The van der Waals surface area contributed by atoms with Crippen LogP contribution in [0, 0.1) is 0 Å². The van der Waals surface area contributed by atoms with Crippen molar-refractivity contribution in [3.63, 3.8) is 0 Å². The van der Waals surface area contributed by atoms with Gasteiger partial charge >= 0.3 is 6.18 Å². The number of nitrogens with one attached hydrogen (secondary N) is 2. The van der Waals surface area contributed by atoms with Gasteiger partial charge in [0.25, 0.3) is 5.91 Å². The van der Waals surface area contributed by atoms with Gasteiger partial charge in [0.05, 0.1) is 25.2 Å². The molecule has 0 unspecified atom stereocenters. The molecular formula is C22H27F3N3O+. The van der Waals surface area contributed by atoms with Gasteiger partial charge in [0.15, 0.2) is 0 Å². The number of rotatable bonds is 6. The lowest BCUT2D eigenvalue weighted by Crippen LogP contribution is -3.11. The Kier molecular flexibility index (Phi) is 6.47. The maximum Gasteiger partial charge on any atom is 0.416 e. The van der Waals surface area contributed by atoms with Crippen molar-refractivity contribution >= 4 is 11.6 Å². The van der Waals surface area contributed by atoms with Gasteiger partial charge in [0, 0.05) is 43.8 Å². The van der Waals surface area contributed by atoms with Gasteiger partial charge in [-0.3, -0.25) is 4.79 Å². The molecule has 4 nitrogen and oxygen atoms in total. The maximum atomic E-state index is 12.7. The van der Waals surface area contributed by atoms with E-state index in [1.165, 1.54) is 17.0 Å². The highest BCUT2D eigenvalue weighted by Gasteiger charge is 2.31. The molecule has 0 aliphatic carbocycles. The number of nitrogens with zero attached hydrogens (tertiary/aromatic N) is 1. The lowest BCUT2D eigenvalue weighted by Gasteiger charge is -2.26. The SMILES string of the molecule is CN(C)c1ccc([C@H](CNC(=O)c2ccc(C(F)(F)F)cc2)[NH+]2CCCC2)cc1. The van der Waals surface area contributed by atoms with Crippen molar-refractivity contribution in [1.82, 2.24) is 5.32 Å². The number of carbonyl (C=O) groups excluding carboxylic acids is 1. The van der Waals surface area contributed by atoms with E-state index < -0.39 is 11.7 Å². The van der Waals surface area contributed by atoms with E-state index >= 15 is 0 Å². The van der Waals surface area contributed by atoms with Crippen LogP contribution in [0.25, 0.3) is 0 Å². The topological polar surface area (TPSA) is 36.8 Å². The summed E-state index contributed by atoms with van der Waals surface area (Å²) in [5.74, 6) is -0.354. The molecule has 1 saturated heterocycles. The Morgan fingerprint density at radius 2 is 1.62 bits per heavy atom. The zero-order valence-electron chi connectivity index (χ0n) is 16.7. The van der Waals surface area contributed by atoms with Crippen LogP contribution in [0.1, 0.15) is 40.4 Å². The zero-order valence-corrected chi connectivity index (χ0v) is 16.7. The molecule has 3 rings (SSSR count). The molecule has 7 heteroatoms. The lowest BCUT2D eigenvalue weighted by molar-refractivity contribution is -0.918. The number of quaternary nitrogens is 1. The minimum absolute atomic E-state index is 0.118. The monoisotopic (exact) mass is 406 g/mol. The summed E-state index contributed by atoms with van der Waals surface area (Å²) in [7, 11) is 3.98. The number of benzene rings is 2. The van der Waals surface area contributed by atoms with Crippen molar-refractivity contribution < 1.29 is 22.9 Å². The molecule has 0 radical (unpaired) electrons. The third-order valence-corrected chi connectivity index (χ3v) is 5.49. The van der Waals surface area contributed by atoms with Crippen LogP contribution in [-0.2, 0) is 6.18 Å². The van der Waals surface area contributed by atoms with Crippen molar-refractivity contribution in [2.75, 3.05) is 38.6 Å². The summed E-state index contributed by atoms with van der Waals surface area (Å²) in [4.78, 5) is 16.0. The van der Waals surface area contributed by atoms with E-state index in [0.29, 0.717) is 6.54 Å². The van der Waals surface area contributed by atoms with Gasteiger partial charge < -0.3 is 15.1 Å². The largest absolute Gasteiger partial charge is 0.416 e. The van der Waals surface area contributed by atoms with Crippen molar-refractivity contribution in [3.8, 4) is 0 Å². The number of hydrogen-bond donors (Lipinski definition) is 2. The summed E-state index contributed by atoms with van der Waals surface area (Å²) in [5, 5.41) is 2.92. The van der Waals surface area contributed by atoms with Crippen molar-refractivity contribution in [2.24, 2.45) is 0 Å². The number of carbonyl (C=O) groups is 1. The fourth-order valence-electron chi connectivity index (χ4n) is 3.79. The number of likely N-dealkylation sites (tertiary alicyclic amines) is 1. The van der Waals surface area contributed by atoms with E-state index in [1.54, 1.807) is 0 Å². The Morgan fingerprint density at radius 1 is 1.03 bits per heavy atom. The normalized spacial score (nSPS) is 15.9. The Bertz CT molecular complexity index is 811. The lowest BCUT2D eigenvalue weighted by atomic mass is 10.0. The Morgan fingerprint density at radius 3 is 2.14 bits per heavy atom. The third-order valence-electron chi connectivity index (χ3n) is 5.49. The highest BCUT2D eigenvalue weighted by Crippen LogP contribution is 2.29. The molecule has 2 N–H and O–H groups in total. The van der Waals surface area contributed by atoms with Gasteiger partial charge in [-0.25, -0.2) is 0 Å². The number of anilines is 1. The second-order valence-electron chi connectivity index (χ2n) is 7.69. The zero-order chi connectivity index (χ0) is 21.0. The Labute approximate surface area is 169 Å². The number of alkyl halides is 3. The van der Waals surface area contributed by atoms with E-state index in [-0.39, 0.29) is 17.5 Å². The van der Waals surface area contributed by atoms with E-state index in [4.69, 9.17) is 0 Å². The van der Waals surface area contributed by atoms with Crippen LogP contribution in [-0.4, -0.2) is 39.6 Å². The van der Waals surface area contributed by atoms with Crippen LogP contribution in [0.5, 0.6) is 0 Å². The molecule has 1 aliphatic rings. The summed E-state index contributed by atoms with van der Waals surface area (Å²) < 4.78 is 38.1. The van der Waals surface area contributed by atoms with Crippen LogP contribution < -0.4 is 15.1 Å². The maximum absolute atomic E-state index is 12.7. The molecular weight excluding hydrogens is 379 g/mol. The van der Waals surface area contributed by atoms with Crippen molar-refractivity contribution in [2.45, 2.75) is 25.1 Å². The summed E-state index contributed by atoms with van der Waals surface area (Å²) in [6, 6.07) is 12.8. The second-order valence-corrected chi connectivity index (χ2v) is 7.69. The van der Waals surface area contributed by atoms with Gasteiger partial charge in [-0.15, -0.1) is 0 Å². The molecule has 0 spiro atoms. The molecule has 1 fully saturated rings. The number of halogens is 3. The van der Waals surface area contributed by atoms with Gasteiger partial charge in [-0.05, 0) is 36.4 Å². The van der Waals surface area contributed by atoms with Gasteiger partial charge in [0.2, 0.25) is 0 Å². The molecule has 1 aliphatic heterocycles. The van der Waals surface area contributed by atoms with Crippen LogP contribution in [0.4, 0.5) is 18.9 Å². The van der Waals surface area contributed by atoms with Crippen LogP contribution in [0.2, 0.25) is 0 Å². The van der Waals surface area contributed by atoms with E-state index in [1.807, 2.05) is 19.0 Å². The first kappa shape index (κ1) is 21.2. The third kappa shape index (κ3) is 5.29. The van der Waals surface area contributed by atoms with Crippen molar-refractivity contribution in [1.29, 1.82) is 0 Å². The van der Waals surface area contributed by atoms with Crippen LogP contribution in [0.3, 0.4) is 0 Å². The minimum atomic E-state index is -4.40. The highest BCUT2D eigenvalue weighted by atomic mass is 19.4. The summed E-state index contributed by atoms with van der Waals surface area (Å²) in [6.45, 7) is 2.54. The molecule has 156 valence electrons. The quantitative estimate of drug-likeness (QED) is 0.774. The summed E-state index contributed by atoms with van der Waals surface area (Å²) in [6.07, 6.45) is -2.08. The molecule has 2 aromatic carbocycles. The molecule has 0 bridgehead atoms. The smallest absolute Gasteiger partial charge is 0.378 e. The summed E-state index contributed by atoms with van der Waals surface area (Å²) in [5.41, 5.74) is 1.74. The molecule has 29 heavy (non-hydrogen) atoms. The van der Waals surface area contributed by atoms with Gasteiger partial charge in [-0.2, -0.15) is 13.2 Å². The van der Waals surface area contributed by atoms with Crippen molar-refractivity contribution in [3.05, 3.63) is 65.2 Å². The van der Waals surface area contributed by atoms with Gasteiger partial charge in [0.1, 0.15) is 6.04 Å². The Balaban J connectivity index is 1.70. The fourth-order valence-corrected chi connectivity index (χ4v) is 3.79. The second kappa shape index (κ2) is 8.86.